The van der Waals surface area contributed by atoms with Gasteiger partial charge in [0.2, 0.25) is 0 Å². The SMILES string of the molecule is CC(=O)Oc1ccc2ccccc2c1C(=O)N=S(C)(=O)c1ccccc1. The smallest absolute Gasteiger partial charge is 0.308 e. The van der Waals surface area contributed by atoms with Crippen LogP contribution in [0.5, 0.6) is 5.75 Å². The minimum Gasteiger partial charge on any atom is -0.426 e. The molecule has 26 heavy (non-hydrogen) atoms. The van der Waals surface area contributed by atoms with Gasteiger partial charge in [-0.1, -0.05) is 48.5 Å². The predicted octanol–water partition coefficient (Wildman–Crippen LogP) is 4.06. The van der Waals surface area contributed by atoms with E-state index in [0.717, 1.165) is 5.39 Å². The first-order chi connectivity index (χ1) is 12.4. The second-order valence-electron chi connectivity index (χ2n) is 5.77. The van der Waals surface area contributed by atoms with Gasteiger partial charge in [-0.3, -0.25) is 9.59 Å². The van der Waals surface area contributed by atoms with Gasteiger partial charge >= 0.3 is 5.97 Å². The quantitative estimate of drug-likeness (QED) is 0.517. The van der Waals surface area contributed by atoms with Crippen LogP contribution >= 0.6 is 0 Å². The Bertz CT molecular complexity index is 1110. The highest BCUT2D eigenvalue weighted by Crippen LogP contribution is 2.29. The molecule has 5 nitrogen and oxygen atoms in total. The maximum Gasteiger partial charge on any atom is 0.308 e. The van der Waals surface area contributed by atoms with Crippen LogP contribution in [-0.2, 0) is 14.5 Å². The zero-order chi connectivity index (χ0) is 18.7. The second kappa shape index (κ2) is 7.09. The van der Waals surface area contributed by atoms with Gasteiger partial charge in [0.1, 0.15) is 5.75 Å². The Morgan fingerprint density at radius 2 is 1.58 bits per heavy atom. The molecule has 0 aliphatic carbocycles. The second-order valence-corrected chi connectivity index (χ2v) is 8.02. The number of esters is 1. The summed E-state index contributed by atoms with van der Waals surface area (Å²) < 4.78 is 22.1. The standard InChI is InChI=1S/C20H17NO4S/c1-14(22)25-18-13-12-15-8-6-7-11-17(15)19(18)20(23)21-26(2,24)16-9-4-3-5-10-16/h3-13H,1-2H3. The molecule has 1 amide bonds. The number of rotatable bonds is 3. The van der Waals surface area contributed by atoms with E-state index < -0.39 is 21.6 Å². The maximum atomic E-state index is 12.9. The van der Waals surface area contributed by atoms with Crippen molar-refractivity contribution >= 4 is 32.4 Å². The van der Waals surface area contributed by atoms with Crippen molar-refractivity contribution in [2.75, 3.05) is 6.26 Å². The molecule has 0 fully saturated rings. The van der Waals surface area contributed by atoms with Gasteiger partial charge in [0, 0.05) is 18.1 Å². The van der Waals surface area contributed by atoms with Gasteiger partial charge in [-0.15, -0.1) is 0 Å². The molecule has 0 spiro atoms. The fraction of sp³-hybridized carbons (Fsp3) is 0.100. The summed E-state index contributed by atoms with van der Waals surface area (Å²) in [6.45, 7) is 1.26. The lowest BCUT2D eigenvalue weighted by molar-refractivity contribution is -0.131. The van der Waals surface area contributed by atoms with E-state index in [9.17, 15) is 13.8 Å². The summed E-state index contributed by atoms with van der Waals surface area (Å²) in [5, 5.41) is 1.38. The van der Waals surface area contributed by atoms with E-state index in [2.05, 4.69) is 4.36 Å². The minimum absolute atomic E-state index is 0.105. The molecule has 0 aliphatic rings. The van der Waals surface area contributed by atoms with E-state index in [-0.39, 0.29) is 11.3 Å². The van der Waals surface area contributed by atoms with E-state index in [1.165, 1.54) is 13.2 Å². The van der Waals surface area contributed by atoms with Gasteiger partial charge in [0.05, 0.1) is 15.3 Å². The number of hydrogen-bond donors (Lipinski definition) is 0. The van der Waals surface area contributed by atoms with Crippen LogP contribution in [0.2, 0.25) is 0 Å². The summed E-state index contributed by atoms with van der Waals surface area (Å²) in [6, 6.07) is 19.1. The Labute approximate surface area is 151 Å². The molecular formula is C20H17NO4S. The van der Waals surface area contributed by atoms with Gasteiger partial charge in [-0.05, 0) is 29.0 Å². The number of fused-ring (bicyclic) bond motifs is 1. The summed E-state index contributed by atoms with van der Waals surface area (Å²) in [5.41, 5.74) is 0.129. The monoisotopic (exact) mass is 367 g/mol. The highest BCUT2D eigenvalue weighted by Gasteiger charge is 2.19. The fourth-order valence-corrected chi connectivity index (χ4v) is 3.82. The molecule has 132 valence electrons. The average Bonchev–Trinajstić information content (AvgIpc) is 2.61. The number of benzene rings is 3. The molecule has 6 heteroatoms. The van der Waals surface area contributed by atoms with Gasteiger partial charge in [0.15, 0.2) is 0 Å². The van der Waals surface area contributed by atoms with Crippen molar-refractivity contribution in [3.63, 3.8) is 0 Å². The van der Waals surface area contributed by atoms with E-state index in [0.29, 0.717) is 10.3 Å². The molecule has 0 saturated heterocycles. The van der Waals surface area contributed by atoms with Crippen LogP contribution in [0.4, 0.5) is 0 Å². The molecule has 0 radical (unpaired) electrons. The Balaban J connectivity index is 2.20. The fourth-order valence-electron chi connectivity index (χ4n) is 2.64. The lowest BCUT2D eigenvalue weighted by atomic mass is 10.0. The summed E-state index contributed by atoms with van der Waals surface area (Å²) in [5.74, 6) is -1.13. The van der Waals surface area contributed by atoms with E-state index >= 15 is 0 Å². The van der Waals surface area contributed by atoms with Gasteiger partial charge in [-0.2, -0.15) is 4.36 Å². The third kappa shape index (κ3) is 3.65. The van der Waals surface area contributed by atoms with Crippen molar-refractivity contribution in [1.29, 1.82) is 0 Å². The molecule has 1 atom stereocenters. The average molecular weight is 367 g/mol. The number of amides is 1. The molecule has 3 aromatic rings. The molecule has 3 aromatic carbocycles. The maximum absolute atomic E-state index is 12.9. The van der Waals surface area contributed by atoms with Crippen LogP contribution in [0.25, 0.3) is 10.8 Å². The highest BCUT2D eigenvalue weighted by molar-refractivity contribution is 7.93. The molecule has 0 aromatic heterocycles. The normalized spacial score (nSPS) is 13.0. The van der Waals surface area contributed by atoms with E-state index in [1.54, 1.807) is 54.6 Å². The van der Waals surface area contributed by atoms with Crippen LogP contribution in [-0.4, -0.2) is 22.3 Å². The molecular weight excluding hydrogens is 350 g/mol. The number of hydrogen-bond acceptors (Lipinski definition) is 4. The summed E-state index contributed by atoms with van der Waals surface area (Å²) >= 11 is 0. The van der Waals surface area contributed by atoms with E-state index in [4.69, 9.17) is 4.74 Å². The Morgan fingerprint density at radius 3 is 2.27 bits per heavy atom. The highest BCUT2D eigenvalue weighted by atomic mass is 32.2. The van der Waals surface area contributed by atoms with Crippen molar-refractivity contribution in [2.24, 2.45) is 4.36 Å². The molecule has 0 N–H and O–H groups in total. The first-order valence-corrected chi connectivity index (χ1v) is 9.82. The first kappa shape index (κ1) is 17.8. The predicted molar refractivity (Wildman–Crippen MR) is 101 cm³/mol. The summed E-state index contributed by atoms with van der Waals surface area (Å²) in [6.07, 6.45) is 1.41. The Kier molecular flexibility index (Phi) is 4.86. The van der Waals surface area contributed by atoms with Crippen LogP contribution in [0, 0.1) is 0 Å². The Morgan fingerprint density at radius 1 is 0.923 bits per heavy atom. The van der Waals surface area contributed by atoms with Crippen molar-refractivity contribution < 1.29 is 18.5 Å². The largest absolute Gasteiger partial charge is 0.426 e. The van der Waals surface area contributed by atoms with E-state index in [1.807, 2.05) is 12.1 Å². The van der Waals surface area contributed by atoms with Crippen molar-refractivity contribution in [3.8, 4) is 5.75 Å². The van der Waals surface area contributed by atoms with Gasteiger partial charge in [0.25, 0.3) is 5.91 Å². The van der Waals surface area contributed by atoms with Crippen molar-refractivity contribution in [2.45, 2.75) is 11.8 Å². The number of carbonyl (C=O) groups excluding carboxylic acids is 2. The molecule has 1 unspecified atom stereocenters. The van der Waals surface area contributed by atoms with Crippen LogP contribution in [0.3, 0.4) is 0 Å². The third-order valence-corrected chi connectivity index (χ3v) is 5.46. The zero-order valence-corrected chi connectivity index (χ0v) is 15.2. The topological polar surface area (TPSA) is 72.8 Å². The van der Waals surface area contributed by atoms with Crippen LogP contribution in [0.1, 0.15) is 17.3 Å². The molecule has 0 aliphatic heterocycles. The lowest BCUT2D eigenvalue weighted by Crippen LogP contribution is -2.09. The van der Waals surface area contributed by atoms with Gasteiger partial charge < -0.3 is 4.74 Å². The Hall–Kier alpha value is -2.99. The number of ether oxygens (including phenoxy) is 1. The number of carbonyl (C=O) groups is 2. The van der Waals surface area contributed by atoms with Crippen LogP contribution in [0.15, 0.2) is 76.0 Å². The minimum atomic E-state index is -2.94. The van der Waals surface area contributed by atoms with Gasteiger partial charge in [-0.25, -0.2) is 4.21 Å². The molecule has 3 rings (SSSR count). The summed E-state index contributed by atoms with van der Waals surface area (Å²) in [4.78, 5) is 24.8. The number of nitrogens with zero attached hydrogens (tertiary/aromatic N) is 1. The first-order valence-electron chi connectivity index (χ1n) is 7.90. The molecule has 0 heterocycles. The lowest BCUT2D eigenvalue weighted by Gasteiger charge is -2.11. The van der Waals surface area contributed by atoms with Crippen LogP contribution < -0.4 is 4.74 Å². The zero-order valence-electron chi connectivity index (χ0n) is 14.3. The molecule has 0 bridgehead atoms. The van der Waals surface area contributed by atoms with Crippen molar-refractivity contribution in [3.05, 3.63) is 72.3 Å². The van der Waals surface area contributed by atoms with Crippen molar-refractivity contribution in [1.82, 2.24) is 0 Å². The molecule has 0 saturated carbocycles. The summed E-state index contributed by atoms with van der Waals surface area (Å²) in [7, 11) is -2.94. The third-order valence-electron chi connectivity index (χ3n) is 3.80.